The maximum absolute atomic E-state index is 11.6. The molecule has 5 nitrogen and oxygen atoms in total. The molecule has 0 atom stereocenters. The Balaban J connectivity index is 3.10. The van der Waals surface area contributed by atoms with Crippen molar-refractivity contribution in [3.05, 3.63) is 28.6 Å². The predicted molar refractivity (Wildman–Crippen MR) is 59.1 cm³/mol. The highest BCUT2D eigenvalue weighted by Gasteiger charge is 2.16. The number of pyridine rings is 1. The van der Waals surface area contributed by atoms with Gasteiger partial charge < -0.3 is 19.5 Å². The van der Waals surface area contributed by atoms with Gasteiger partial charge in [0.05, 0.1) is 12.6 Å². The van der Waals surface area contributed by atoms with Gasteiger partial charge in [0.25, 0.3) is 5.56 Å². The minimum absolute atomic E-state index is 0.0320. The van der Waals surface area contributed by atoms with Crippen molar-refractivity contribution in [2.24, 2.45) is 7.05 Å². The zero-order valence-corrected chi connectivity index (χ0v) is 8.89. The number of hydrogen-bond acceptors (Lipinski definition) is 4. The number of aromatic nitrogens is 1. The fourth-order valence-electron chi connectivity index (χ4n) is 1.76. The summed E-state index contributed by atoms with van der Waals surface area (Å²) < 4.78 is 6.16. The lowest BCUT2D eigenvalue weighted by atomic mass is 10.1. The molecular formula is C11H11NO4. The highest BCUT2D eigenvalue weighted by atomic mass is 16.5. The number of fused-ring (bicyclic) bond motifs is 1. The summed E-state index contributed by atoms with van der Waals surface area (Å²) in [6.45, 7) is 0. The lowest BCUT2D eigenvalue weighted by Gasteiger charge is -2.11. The van der Waals surface area contributed by atoms with Gasteiger partial charge in [-0.2, -0.15) is 0 Å². The van der Waals surface area contributed by atoms with Crippen LogP contribution >= 0.6 is 0 Å². The van der Waals surface area contributed by atoms with Crippen LogP contribution in [0.2, 0.25) is 0 Å². The molecule has 0 radical (unpaired) electrons. The first-order valence-corrected chi connectivity index (χ1v) is 4.65. The monoisotopic (exact) mass is 221 g/mol. The SMILES string of the molecule is COc1c(O)c(=O)n(C)c2c(O)cccc12. The Morgan fingerprint density at radius 2 is 2.00 bits per heavy atom. The van der Waals surface area contributed by atoms with E-state index < -0.39 is 11.3 Å². The Kier molecular flexibility index (Phi) is 2.23. The molecule has 2 N–H and O–H groups in total. The van der Waals surface area contributed by atoms with E-state index in [1.165, 1.54) is 24.8 Å². The Morgan fingerprint density at radius 3 is 2.62 bits per heavy atom. The van der Waals surface area contributed by atoms with Gasteiger partial charge in [0.1, 0.15) is 5.75 Å². The summed E-state index contributed by atoms with van der Waals surface area (Å²) >= 11 is 0. The first kappa shape index (κ1) is 10.4. The van der Waals surface area contributed by atoms with Crippen LogP contribution in [0.5, 0.6) is 17.2 Å². The summed E-state index contributed by atoms with van der Waals surface area (Å²) in [7, 11) is 2.83. The number of para-hydroxylation sites is 1. The summed E-state index contributed by atoms with van der Waals surface area (Å²) in [5.74, 6) is -0.410. The van der Waals surface area contributed by atoms with E-state index in [9.17, 15) is 15.0 Å². The number of nitrogens with zero attached hydrogens (tertiary/aromatic N) is 1. The number of phenolic OH excluding ortho intramolecular Hbond substituents is 1. The highest BCUT2D eigenvalue weighted by molar-refractivity contribution is 5.91. The van der Waals surface area contributed by atoms with Crippen LogP contribution in [0, 0.1) is 0 Å². The molecule has 84 valence electrons. The molecule has 0 aliphatic carbocycles. The van der Waals surface area contributed by atoms with Crippen LogP contribution in [0.25, 0.3) is 10.9 Å². The number of ether oxygens (including phenoxy) is 1. The Bertz CT molecular complexity index is 615. The van der Waals surface area contributed by atoms with Gasteiger partial charge in [-0.05, 0) is 12.1 Å². The van der Waals surface area contributed by atoms with E-state index in [2.05, 4.69) is 0 Å². The van der Waals surface area contributed by atoms with Crippen LogP contribution < -0.4 is 10.3 Å². The molecule has 0 spiro atoms. The Hall–Kier alpha value is -2.17. The molecule has 16 heavy (non-hydrogen) atoms. The molecule has 1 heterocycles. The van der Waals surface area contributed by atoms with Crippen molar-refractivity contribution in [2.45, 2.75) is 0 Å². The van der Waals surface area contributed by atoms with Gasteiger partial charge in [0.15, 0.2) is 5.75 Å². The quantitative estimate of drug-likeness (QED) is 0.752. The van der Waals surface area contributed by atoms with Crippen LogP contribution in [0.4, 0.5) is 0 Å². The van der Waals surface area contributed by atoms with Crippen molar-refractivity contribution >= 4 is 10.9 Å². The lowest BCUT2D eigenvalue weighted by molar-refractivity contribution is 0.371. The zero-order valence-electron chi connectivity index (χ0n) is 8.89. The number of rotatable bonds is 1. The molecule has 0 amide bonds. The second kappa shape index (κ2) is 3.44. The smallest absolute Gasteiger partial charge is 0.296 e. The van der Waals surface area contributed by atoms with Crippen molar-refractivity contribution < 1.29 is 14.9 Å². The third kappa shape index (κ3) is 1.21. The standard InChI is InChI=1S/C11H11NO4/c1-12-8-6(4-3-5-7(8)13)10(16-2)9(14)11(12)15/h3-5,13-14H,1-2H3. The van der Waals surface area contributed by atoms with Crippen LogP contribution in [0.15, 0.2) is 23.0 Å². The second-order valence-corrected chi connectivity index (χ2v) is 3.42. The average molecular weight is 221 g/mol. The first-order valence-electron chi connectivity index (χ1n) is 4.65. The molecule has 0 bridgehead atoms. The second-order valence-electron chi connectivity index (χ2n) is 3.42. The minimum Gasteiger partial charge on any atom is -0.506 e. The molecule has 2 aromatic rings. The zero-order chi connectivity index (χ0) is 11.9. The molecule has 0 aliphatic heterocycles. The van der Waals surface area contributed by atoms with Crippen LogP contribution in [0.3, 0.4) is 0 Å². The fraction of sp³-hybridized carbons (Fsp3) is 0.182. The van der Waals surface area contributed by atoms with Crippen LogP contribution in [-0.2, 0) is 7.05 Å². The third-order valence-electron chi connectivity index (χ3n) is 2.52. The van der Waals surface area contributed by atoms with Gasteiger partial charge in [0.2, 0.25) is 5.75 Å². The van der Waals surface area contributed by atoms with E-state index in [1.807, 2.05) is 0 Å². The molecule has 0 saturated heterocycles. The van der Waals surface area contributed by atoms with E-state index in [4.69, 9.17) is 4.74 Å². The number of methoxy groups -OCH3 is 1. The topological polar surface area (TPSA) is 71.7 Å². The van der Waals surface area contributed by atoms with Gasteiger partial charge >= 0.3 is 0 Å². The van der Waals surface area contributed by atoms with Gasteiger partial charge in [-0.3, -0.25) is 4.79 Å². The van der Waals surface area contributed by atoms with Crippen molar-refractivity contribution in [1.29, 1.82) is 0 Å². The van der Waals surface area contributed by atoms with Crippen molar-refractivity contribution in [2.75, 3.05) is 7.11 Å². The van der Waals surface area contributed by atoms with E-state index in [1.54, 1.807) is 12.1 Å². The largest absolute Gasteiger partial charge is 0.506 e. The van der Waals surface area contributed by atoms with Crippen molar-refractivity contribution in [3.63, 3.8) is 0 Å². The number of benzene rings is 1. The first-order chi connectivity index (χ1) is 7.57. The summed E-state index contributed by atoms with van der Waals surface area (Å²) in [5.41, 5.74) is -0.270. The molecule has 1 aromatic carbocycles. The molecule has 2 rings (SSSR count). The van der Waals surface area contributed by atoms with E-state index in [0.29, 0.717) is 10.9 Å². The van der Waals surface area contributed by atoms with Gasteiger partial charge in [-0.1, -0.05) is 6.07 Å². The van der Waals surface area contributed by atoms with E-state index >= 15 is 0 Å². The van der Waals surface area contributed by atoms with Crippen LogP contribution in [0.1, 0.15) is 0 Å². The molecule has 0 fully saturated rings. The normalized spacial score (nSPS) is 10.6. The number of aromatic hydroxyl groups is 2. The summed E-state index contributed by atoms with van der Waals surface area (Å²) in [5, 5.41) is 19.8. The predicted octanol–water partition coefficient (Wildman–Crippen LogP) is 0.958. The fourth-order valence-corrected chi connectivity index (χ4v) is 1.76. The van der Waals surface area contributed by atoms with Crippen molar-refractivity contribution in [1.82, 2.24) is 4.57 Å². The summed E-state index contributed by atoms with van der Waals surface area (Å²) in [4.78, 5) is 11.6. The van der Waals surface area contributed by atoms with Gasteiger partial charge in [-0.15, -0.1) is 0 Å². The number of hydrogen-bond donors (Lipinski definition) is 2. The van der Waals surface area contributed by atoms with E-state index in [0.717, 1.165) is 0 Å². The maximum Gasteiger partial charge on any atom is 0.296 e. The molecule has 0 aliphatic rings. The van der Waals surface area contributed by atoms with Gasteiger partial charge in [0, 0.05) is 12.4 Å². The number of aryl methyl sites for hydroxylation is 1. The maximum atomic E-state index is 11.6. The highest BCUT2D eigenvalue weighted by Crippen LogP contribution is 2.34. The summed E-state index contributed by atoms with van der Waals surface area (Å²) in [6.07, 6.45) is 0. The Morgan fingerprint density at radius 1 is 1.31 bits per heavy atom. The minimum atomic E-state index is -0.606. The summed E-state index contributed by atoms with van der Waals surface area (Å²) in [6, 6.07) is 4.75. The molecule has 0 unspecified atom stereocenters. The number of phenols is 1. The molecular weight excluding hydrogens is 210 g/mol. The third-order valence-corrected chi connectivity index (χ3v) is 2.52. The molecule has 0 saturated carbocycles. The van der Waals surface area contributed by atoms with Crippen LogP contribution in [-0.4, -0.2) is 21.9 Å². The molecule has 1 aromatic heterocycles. The van der Waals surface area contributed by atoms with E-state index in [-0.39, 0.29) is 11.5 Å². The van der Waals surface area contributed by atoms with Crippen molar-refractivity contribution in [3.8, 4) is 17.2 Å². The average Bonchev–Trinajstić information content (AvgIpc) is 2.27. The lowest BCUT2D eigenvalue weighted by Crippen LogP contribution is -2.17. The molecule has 5 heteroatoms. The Labute approximate surface area is 91.1 Å². The van der Waals surface area contributed by atoms with Gasteiger partial charge in [-0.25, -0.2) is 0 Å².